The van der Waals surface area contributed by atoms with Gasteiger partial charge in [0.1, 0.15) is 11.9 Å². The highest BCUT2D eigenvalue weighted by Gasteiger charge is 2.30. The molecule has 1 saturated heterocycles. The lowest BCUT2D eigenvalue weighted by Crippen LogP contribution is -2.46. The van der Waals surface area contributed by atoms with Crippen molar-refractivity contribution in [3.8, 4) is 0 Å². The van der Waals surface area contributed by atoms with Crippen molar-refractivity contribution >= 4 is 5.69 Å². The van der Waals surface area contributed by atoms with Crippen LogP contribution in [0.2, 0.25) is 0 Å². The quantitative estimate of drug-likeness (QED) is 0.605. The summed E-state index contributed by atoms with van der Waals surface area (Å²) in [6.07, 6.45) is 1.33. The van der Waals surface area contributed by atoms with E-state index in [-0.39, 0.29) is 16.1 Å². The Balaban J connectivity index is 2.16. The summed E-state index contributed by atoms with van der Waals surface area (Å²) in [6, 6.07) is 0. The van der Waals surface area contributed by atoms with E-state index in [1.54, 1.807) is 11.6 Å². The summed E-state index contributed by atoms with van der Waals surface area (Å²) in [5.41, 5.74) is 0.397. The van der Waals surface area contributed by atoms with E-state index in [0.29, 0.717) is 5.69 Å². The Bertz CT molecular complexity index is 464. The molecule has 1 aromatic rings. The Morgan fingerprint density at radius 3 is 2.63 bits per heavy atom. The summed E-state index contributed by atoms with van der Waals surface area (Å²) in [7, 11) is 0. The zero-order valence-corrected chi connectivity index (χ0v) is 11.6. The van der Waals surface area contributed by atoms with Crippen molar-refractivity contribution in [3.63, 3.8) is 0 Å². The third-order valence-electron chi connectivity index (χ3n) is 3.47. The van der Waals surface area contributed by atoms with Crippen molar-refractivity contribution in [1.82, 2.24) is 14.7 Å². The molecule has 2 rings (SSSR count). The summed E-state index contributed by atoms with van der Waals surface area (Å²) in [5.74, 6) is 0. The van der Waals surface area contributed by atoms with Crippen LogP contribution in [0.4, 0.5) is 5.69 Å². The lowest BCUT2D eigenvalue weighted by molar-refractivity contribution is -0.385. The zero-order valence-electron chi connectivity index (χ0n) is 11.6. The van der Waals surface area contributed by atoms with Crippen molar-refractivity contribution in [2.24, 2.45) is 0 Å². The van der Waals surface area contributed by atoms with Crippen LogP contribution in [0.25, 0.3) is 0 Å². The van der Waals surface area contributed by atoms with Gasteiger partial charge < -0.3 is 4.74 Å². The van der Waals surface area contributed by atoms with E-state index in [9.17, 15) is 10.1 Å². The van der Waals surface area contributed by atoms with Crippen LogP contribution in [0.15, 0.2) is 6.20 Å². The van der Waals surface area contributed by atoms with Crippen LogP contribution >= 0.6 is 0 Å². The van der Waals surface area contributed by atoms with Crippen molar-refractivity contribution in [2.75, 3.05) is 32.8 Å². The minimum Gasteiger partial charge on any atom is -0.379 e. The highest BCUT2D eigenvalue weighted by molar-refractivity contribution is 5.32. The summed E-state index contributed by atoms with van der Waals surface area (Å²) >= 11 is 0. The number of nitrogens with zero attached hydrogens (tertiary/aromatic N) is 4. The van der Waals surface area contributed by atoms with Gasteiger partial charge in [-0.2, -0.15) is 5.10 Å². The van der Waals surface area contributed by atoms with Crippen LogP contribution in [0.5, 0.6) is 0 Å². The summed E-state index contributed by atoms with van der Waals surface area (Å²) < 4.78 is 7.08. The molecule has 0 atom stereocenters. The molecule has 0 N–H and O–H groups in total. The van der Waals surface area contributed by atoms with Gasteiger partial charge in [-0.15, -0.1) is 0 Å². The lowest BCUT2D eigenvalue weighted by atomic mass is 10.0. The molecule has 7 heteroatoms. The molecule has 0 amide bonds. The molecule has 1 aliphatic rings. The van der Waals surface area contributed by atoms with Gasteiger partial charge in [0.2, 0.25) is 0 Å². The van der Waals surface area contributed by atoms with Crippen LogP contribution < -0.4 is 0 Å². The largest absolute Gasteiger partial charge is 0.379 e. The predicted molar refractivity (Wildman–Crippen MR) is 70.2 cm³/mol. The minimum absolute atomic E-state index is 0.0788. The molecule has 19 heavy (non-hydrogen) atoms. The van der Waals surface area contributed by atoms with Gasteiger partial charge in [-0.25, -0.2) is 0 Å². The van der Waals surface area contributed by atoms with Crippen molar-refractivity contribution in [2.45, 2.75) is 26.3 Å². The van der Waals surface area contributed by atoms with Crippen molar-refractivity contribution < 1.29 is 9.66 Å². The highest BCUT2D eigenvalue weighted by Crippen LogP contribution is 2.24. The Morgan fingerprint density at radius 2 is 2.11 bits per heavy atom. The van der Waals surface area contributed by atoms with E-state index in [1.807, 2.05) is 13.8 Å². The topological polar surface area (TPSA) is 73.4 Å². The van der Waals surface area contributed by atoms with Gasteiger partial charge >= 0.3 is 5.69 Å². The molecule has 7 nitrogen and oxygen atoms in total. The fraction of sp³-hybridized carbons (Fsp3) is 0.750. The number of hydrogen-bond donors (Lipinski definition) is 0. The first-order valence-electron chi connectivity index (χ1n) is 6.41. The first-order valence-corrected chi connectivity index (χ1v) is 6.41. The van der Waals surface area contributed by atoms with Gasteiger partial charge in [0, 0.05) is 19.6 Å². The molecule has 0 aliphatic carbocycles. The monoisotopic (exact) mass is 268 g/mol. The fourth-order valence-corrected chi connectivity index (χ4v) is 2.56. The highest BCUT2D eigenvalue weighted by atomic mass is 16.6. The van der Waals surface area contributed by atoms with E-state index in [1.165, 1.54) is 6.20 Å². The van der Waals surface area contributed by atoms with E-state index >= 15 is 0 Å². The molecule has 1 aromatic heterocycles. The molecule has 1 fully saturated rings. The van der Waals surface area contributed by atoms with Crippen LogP contribution in [0, 0.1) is 17.0 Å². The molecular formula is C12H20N4O3. The number of rotatable bonds is 4. The summed E-state index contributed by atoms with van der Waals surface area (Å²) in [5, 5.41) is 15.1. The Morgan fingerprint density at radius 1 is 1.47 bits per heavy atom. The number of morpholine rings is 1. The molecule has 0 saturated carbocycles. The second-order valence-corrected chi connectivity index (χ2v) is 5.49. The minimum atomic E-state index is -0.385. The average Bonchev–Trinajstić information content (AvgIpc) is 2.72. The third-order valence-corrected chi connectivity index (χ3v) is 3.47. The maximum atomic E-state index is 10.9. The van der Waals surface area contributed by atoms with E-state index in [2.05, 4.69) is 10.00 Å². The fourth-order valence-electron chi connectivity index (χ4n) is 2.56. The Labute approximate surface area is 112 Å². The average molecular weight is 268 g/mol. The predicted octanol–water partition coefficient (Wildman–Crippen LogP) is 1.17. The van der Waals surface area contributed by atoms with Crippen molar-refractivity contribution in [3.05, 3.63) is 22.0 Å². The van der Waals surface area contributed by atoms with Crippen LogP contribution in [-0.4, -0.2) is 52.5 Å². The van der Waals surface area contributed by atoms with Gasteiger partial charge in [0.05, 0.1) is 23.7 Å². The van der Waals surface area contributed by atoms with Gasteiger partial charge in [0.25, 0.3) is 0 Å². The normalized spacial score (nSPS) is 17.6. The first kappa shape index (κ1) is 14.0. The van der Waals surface area contributed by atoms with Gasteiger partial charge in [0.15, 0.2) is 0 Å². The molecule has 0 aromatic carbocycles. The summed E-state index contributed by atoms with van der Waals surface area (Å²) in [6.45, 7) is 9.92. The van der Waals surface area contributed by atoms with Gasteiger partial charge in [-0.3, -0.25) is 19.7 Å². The molecule has 0 spiro atoms. The number of nitro groups is 1. The van der Waals surface area contributed by atoms with E-state index < -0.39 is 0 Å². The van der Waals surface area contributed by atoms with Crippen LogP contribution in [0.1, 0.15) is 19.5 Å². The molecule has 0 bridgehead atoms. The van der Waals surface area contributed by atoms with Gasteiger partial charge in [-0.1, -0.05) is 0 Å². The Hall–Kier alpha value is -1.47. The third kappa shape index (κ3) is 2.93. The summed E-state index contributed by atoms with van der Waals surface area (Å²) in [4.78, 5) is 12.8. The van der Waals surface area contributed by atoms with Crippen molar-refractivity contribution in [1.29, 1.82) is 0 Å². The zero-order chi connectivity index (χ0) is 14.0. The maximum Gasteiger partial charge on any atom is 0.309 e. The maximum absolute atomic E-state index is 10.9. The number of ether oxygens (including phenoxy) is 1. The SMILES string of the molecule is Cc1c([N+](=O)[O-])cnn1C(C)(C)CN1CCOCC1. The van der Waals surface area contributed by atoms with Crippen LogP contribution in [-0.2, 0) is 10.3 Å². The lowest BCUT2D eigenvalue weighted by Gasteiger charge is -2.35. The molecule has 106 valence electrons. The molecule has 0 unspecified atom stereocenters. The second-order valence-electron chi connectivity index (χ2n) is 5.49. The molecule has 2 heterocycles. The Kier molecular flexibility index (Phi) is 3.86. The molecule has 0 radical (unpaired) electrons. The van der Waals surface area contributed by atoms with E-state index in [0.717, 1.165) is 32.8 Å². The standard InChI is InChI=1S/C12H20N4O3/c1-10-11(16(17)18)8-13-15(10)12(2,3)9-14-4-6-19-7-5-14/h8H,4-7,9H2,1-3H3. The number of aromatic nitrogens is 2. The second kappa shape index (κ2) is 5.26. The number of hydrogen-bond acceptors (Lipinski definition) is 5. The van der Waals surface area contributed by atoms with Gasteiger partial charge in [-0.05, 0) is 20.8 Å². The molecule has 1 aliphatic heterocycles. The molecular weight excluding hydrogens is 248 g/mol. The van der Waals surface area contributed by atoms with E-state index in [4.69, 9.17) is 4.74 Å². The van der Waals surface area contributed by atoms with Crippen LogP contribution in [0.3, 0.4) is 0 Å². The smallest absolute Gasteiger partial charge is 0.309 e. The first-order chi connectivity index (χ1) is 8.92.